The highest BCUT2D eigenvalue weighted by Gasteiger charge is 2.17. The largest absolute Gasteiger partial charge is 0.372 e. The normalized spacial score (nSPS) is 12.9. The topological polar surface area (TPSA) is 65.0 Å². The van der Waals surface area contributed by atoms with E-state index in [2.05, 4.69) is 23.6 Å². The maximum atomic E-state index is 11.2. The third-order valence-corrected chi connectivity index (χ3v) is 3.06. The first-order chi connectivity index (χ1) is 9.94. The zero-order valence-electron chi connectivity index (χ0n) is 13.3. The Labute approximate surface area is 127 Å². The highest BCUT2D eigenvalue weighted by Crippen LogP contribution is 2.12. The van der Waals surface area contributed by atoms with Gasteiger partial charge in [0, 0.05) is 13.3 Å². The Hall–Kier alpha value is -1.67. The summed E-state index contributed by atoms with van der Waals surface area (Å²) in [5, 5.41) is 0. The van der Waals surface area contributed by atoms with Crippen molar-refractivity contribution in [2.75, 3.05) is 0 Å². The quantitative estimate of drug-likeness (QED) is 0.373. The first-order valence-corrected chi connectivity index (χ1v) is 7.33. The highest BCUT2D eigenvalue weighted by molar-refractivity contribution is 5.97. The van der Waals surface area contributed by atoms with Gasteiger partial charge in [0.05, 0.1) is 17.9 Å². The monoisotopic (exact) mass is 295 g/mol. The Morgan fingerprint density at radius 2 is 1.86 bits per heavy atom. The van der Waals surface area contributed by atoms with Crippen LogP contribution < -0.4 is 0 Å². The van der Waals surface area contributed by atoms with E-state index in [9.17, 15) is 9.59 Å². The maximum absolute atomic E-state index is 11.2. The van der Waals surface area contributed by atoms with Crippen molar-refractivity contribution in [3.63, 3.8) is 0 Å². The molecule has 1 atom stereocenters. The molecule has 5 heteroatoms. The molecule has 0 spiro atoms. The lowest BCUT2D eigenvalue weighted by atomic mass is 10.1. The molecule has 21 heavy (non-hydrogen) atoms. The van der Waals surface area contributed by atoms with Crippen molar-refractivity contribution in [3.8, 4) is 12.5 Å². The minimum atomic E-state index is -0.451. The SMILES string of the molecule is C#COC(=O)CCCC(=NC(C)=O)[C@@H](C)OC(CC)CC. The van der Waals surface area contributed by atoms with Gasteiger partial charge in [-0.25, -0.2) is 4.99 Å². The second-order valence-corrected chi connectivity index (χ2v) is 4.78. The van der Waals surface area contributed by atoms with E-state index < -0.39 is 5.97 Å². The van der Waals surface area contributed by atoms with Crippen LogP contribution in [0.2, 0.25) is 0 Å². The molecule has 5 nitrogen and oxygen atoms in total. The molecule has 0 aliphatic heterocycles. The lowest BCUT2D eigenvalue weighted by molar-refractivity contribution is -0.136. The van der Waals surface area contributed by atoms with Gasteiger partial charge >= 0.3 is 5.97 Å². The van der Waals surface area contributed by atoms with Crippen LogP contribution in [0.3, 0.4) is 0 Å². The minimum Gasteiger partial charge on any atom is -0.372 e. The zero-order chi connectivity index (χ0) is 16.3. The zero-order valence-corrected chi connectivity index (χ0v) is 13.3. The summed E-state index contributed by atoms with van der Waals surface area (Å²) in [7, 11) is 0. The molecule has 0 heterocycles. The van der Waals surface area contributed by atoms with E-state index in [1.807, 2.05) is 13.0 Å². The lowest BCUT2D eigenvalue weighted by Crippen LogP contribution is -2.27. The van der Waals surface area contributed by atoms with E-state index in [1.54, 1.807) is 0 Å². The van der Waals surface area contributed by atoms with Gasteiger partial charge in [-0.05, 0) is 32.6 Å². The van der Waals surface area contributed by atoms with Gasteiger partial charge in [0.1, 0.15) is 6.11 Å². The summed E-state index contributed by atoms with van der Waals surface area (Å²) in [5.74, 6) is -0.718. The molecule has 0 aliphatic rings. The second-order valence-electron chi connectivity index (χ2n) is 4.78. The van der Waals surface area contributed by atoms with Gasteiger partial charge in [-0.15, -0.1) is 0 Å². The second kappa shape index (κ2) is 11.0. The van der Waals surface area contributed by atoms with Crippen molar-refractivity contribution in [2.24, 2.45) is 4.99 Å². The van der Waals surface area contributed by atoms with Gasteiger partial charge in [-0.3, -0.25) is 9.59 Å². The standard InChI is InChI=1S/C16H25NO4/c1-6-14(7-2)21-12(4)15(17-13(5)18)10-9-11-16(19)20-8-3/h3,12,14H,6-7,9-11H2,1-2,4-5H3/t12-/m1/s1. The van der Waals surface area contributed by atoms with Crippen LogP contribution in [0, 0.1) is 12.5 Å². The number of nitrogens with zero attached hydrogens (tertiary/aromatic N) is 1. The average Bonchev–Trinajstić information content (AvgIpc) is 2.43. The van der Waals surface area contributed by atoms with E-state index in [4.69, 9.17) is 11.2 Å². The Bertz CT molecular complexity index is 405. The Morgan fingerprint density at radius 1 is 1.24 bits per heavy atom. The van der Waals surface area contributed by atoms with Crippen molar-refractivity contribution in [1.82, 2.24) is 0 Å². The number of carbonyl (C=O) groups excluding carboxylic acids is 2. The summed E-state index contributed by atoms with van der Waals surface area (Å²) in [4.78, 5) is 26.4. The molecule has 0 aromatic carbocycles. The summed E-state index contributed by atoms with van der Waals surface area (Å²) < 4.78 is 10.3. The Kier molecular flexibility index (Phi) is 10.2. The Balaban J connectivity index is 4.56. The summed E-state index contributed by atoms with van der Waals surface area (Å²) in [6.45, 7) is 7.38. The fourth-order valence-electron chi connectivity index (χ4n) is 1.93. The summed E-state index contributed by atoms with van der Waals surface area (Å²) >= 11 is 0. The number of aliphatic imine (C=N–C) groups is 1. The molecule has 0 aliphatic carbocycles. The van der Waals surface area contributed by atoms with Gasteiger partial charge in [0.15, 0.2) is 0 Å². The molecule has 0 saturated carbocycles. The number of ether oxygens (including phenoxy) is 2. The molecule has 0 aromatic heterocycles. The van der Waals surface area contributed by atoms with Crippen LogP contribution in [-0.4, -0.2) is 29.8 Å². The number of esters is 1. The molecule has 0 aromatic rings. The molecule has 1 amide bonds. The van der Waals surface area contributed by atoms with Crippen LogP contribution in [0.15, 0.2) is 4.99 Å². The lowest BCUT2D eigenvalue weighted by Gasteiger charge is -2.21. The molecule has 0 rings (SSSR count). The molecule has 0 bridgehead atoms. The van der Waals surface area contributed by atoms with E-state index in [1.165, 1.54) is 6.92 Å². The van der Waals surface area contributed by atoms with E-state index in [0.29, 0.717) is 18.6 Å². The third kappa shape index (κ3) is 8.98. The summed E-state index contributed by atoms with van der Waals surface area (Å²) in [6.07, 6.45) is 9.64. The number of rotatable bonds is 9. The number of terminal acetylenes is 1. The van der Waals surface area contributed by atoms with Gasteiger partial charge in [-0.1, -0.05) is 20.3 Å². The predicted octanol–water partition coefficient (Wildman–Crippen LogP) is 2.87. The summed E-state index contributed by atoms with van der Waals surface area (Å²) in [6, 6.07) is 0. The molecule has 118 valence electrons. The Morgan fingerprint density at radius 3 is 2.33 bits per heavy atom. The molecule has 0 saturated heterocycles. The highest BCUT2D eigenvalue weighted by atomic mass is 16.5. The van der Waals surface area contributed by atoms with Gasteiger partial charge in [0.25, 0.3) is 0 Å². The first-order valence-electron chi connectivity index (χ1n) is 7.33. The van der Waals surface area contributed by atoms with Crippen LogP contribution in [0.5, 0.6) is 0 Å². The minimum absolute atomic E-state index is 0.142. The van der Waals surface area contributed by atoms with E-state index >= 15 is 0 Å². The van der Waals surface area contributed by atoms with Crippen LogP contribution in [0.4, 0.5) is 0 Å². The fourth-order valence-corrected chi connectivity index (χ4v) is 1.93. The number of amides is 1. The maximum Gasteiger partial charge on any atom is 0.319 e. The average molecular weight is 295 g/mol. The molecule has 0 radical (unpaired) electrons. The van der Waals surface area contributed by atoms with Gasteiger partial charge in [0.2, 0.25) is 5.91 Å². The summed E-state index contributed by atoms with van der Waals surface area (Å²) in [5.41, 5.74) is 0.655. The van der Waals surface area contributed by atoms with Crippen LogP contribution >= 0.6 is 0 Å². The molecular formula is C16H25NO4. The third-order valence-electron chi connectivity index (χ3n) is 3.06. The molecule has 0 fully saturated rings. The molecular weight excluding hydrogens is 270 g/mol. The van der Waals surface area contributed by atoms with Crippen molar-refractivity contribution >= 4 is 17.6 Å². The molecule has 0 unspecified atom stereocenters. The predicted molar refractivity (Wildman–Crippen MR) is 81.8 cm³/mol. The van der Waals surface area contributed by atoms with Crippen LogP contribution in [0.25, 0.3) is 0 Å². The van der Waals surface area contributed by atoms with Crippen molar-refractivity contribution in [2.45, 2.75) is 72.0 Å². The molecule has 0 N–H and O–H groups in total. The van der Waals surface area contributed by atoms with Crippen molar-refractivity contribution in [3.05, 3.63) is 0 Å². The van der Waals surface area contributed by atoms with Crippen LogP contribution in [-0.2, 0) is 19.1 Å². The van der Waals surface area contributed by atoms with Crippen LogP contribution in [0.1, 0.15) is 59.8 Å². The van der Waals surface area contributed by atoms with Gasteiger partial charge < -0.3 is 9.47 Å². The van der Waals surface area contributed by atoms with Crippen molar-refractivity contribution in [1.29, 1.82) is 0 Å². The number of hydrogen-bond acceptors (Lipinski definition) is 4. The fraction of sp³-hybridized carbons (Fsp3) is 0.688. The number of hydrogen-bond donors (Lipinski definition) is 0. The van der Waals surface area contributed by atoms with E-state index in [0.717, 1.165) is 12.8 Å². The van der Waals surface area contributed by atoms with Crippen molar-refractivity contribution < 1.29 is 19.1 Å². The number of carbonyl (C=O) groups is 2. The first kappa shape index (κ1) is 19.3. The van der Waals surface area contributed by atoms with Gasteiger partial charge in [-0.2, -0.15) is 0 Å². The van der Waals surface area contributed by atoms with E-state index in [-0.39, 0.29) is 24.5 Å². The smallest absolute Gasteiger partial charge is 0.319 e.